The first-order chi connectivity index (χ1) is 13.1. The van der Waals surface area contributed by atoms with E-state index in [1.165, 1.54) is 12.1 Å². The minimum atomic E-state index is -4.69. The van der Waals surface area contributed by atoms with Crippen LogP contribution in [-0.4, -0.2) is 31.0 Å². The van der Waals surface area contributed by atoms with Crippen LogP contribution >= 0.6 is 0 Å². The van der Waals surface area contributed by atoms with E-state index in [-0.39, 0.29) is 6.54 Å². The number of alkyl halides is 2. The molecule has 1 aliphatic heterocycles. The summed E-state index contributed by atoms with van der Waals surface area (Å²) in [5.41, 5.74) is 0.867. The molecule has 1 fully saturated rings. The smallest absolute Gasteiger partial charge is 0.319 e. The summed E-state index contributed by atoms with van der Waals surface area (Å²) in [5.74, 6) is -3.97. The fourth-order valence-corrected chi connectivity index (χ4v) is 3.71. The van der Waals surface area contributed by atoms with E-state index in [9.17, 15) is 26.8 Å². The highest BCUT2D eigenvalue weighted by atomic mass is 32.2. The van der Waals surface area contributed by atoms with Crippen LogP contribution in [0.25, 0.3) is 0 Å². The summed E-state index contributed by atoms with van der Waals surface area (Å²) in [4.78, 5) is 25.7. The second-order valence-corrected chi connectivity index (χ2v) is 8.68. The van der Waals surface area contributed by atoms with Crippen LogP contribution in [0.2, 0.25) is 0 Å². The Kier molecular flexibility index (Phi) is 4.97. The Morgan fingerprint density at radius 2 is 1.61 bits per heavy atom. The van der Waals surface area contributed by atoms with Crippen molar-refractivity contribution in [2.45, 2.75) is 36.6 Å². The topological polar surface area (TPSA) is 83.6 Å². The molecule has 28 heavy (non-hydrogen) atoms. The third kappa shape index (κ3) is 3.37. The number of nitrogens with one attached hydrogen (secondary N) is 1. The van der Waals surface area contributed by atoms with Gasteiger partial charge in [0.15, 0.2) is 0 Å². The maximum absolute atomic E-state index is 12.9. The van der Waals surface area contributed by atoms with E-state index in [0.29, 0.717) is 11.1 Å². The van der Waals surface area contributed by atoms with Gasteiger partial charge in [-0.25, -0.2) is 13.2 Å². The lowest BCUT2D eigenvalue weighted by Gasteiger charge is -2.22. The molecule has 3 rings (SSSR count). The first-order valence-electron chi connectivity index (χ1n) is 8.38. The molecular formula is C19H18F2N2O4S. The highest BCUT2D eigenvalue weighted by molar-refractivity contribution is 7.91. The fourth-order valence-electron chi connectivity index (χ4n) is 2.99. The van der Waals surface area contributed by atoms with Crippen molar-refractivity contribution >= 4 is 21.8 Å². The summed E-state index contributed by atoms with van der Waals surface area (Å²) in [6, 6.07) is 11.3. The van der Waals surface area contributed by atoms with E-state index in [1.54, 1.807) is 19.1 Å². The summed E-state index contributed by atoms with van der Waals surface area (Å²) in [6.45, 7) is 3.41. The highest BCUT2D eigenvalue weighted by Gasteiger charge is 2.48. The number of rotatable bonds is 5. The molecule has 1 saturated heterocycles. The number of hydrogen-bond acceptors (Lipinski definition) is 4. The second-order valence-electron chi connectivity index (χ2n) is 6.76. The predicted octanol–water partition coefficient (Wildman–Crippen LogP) is 2.96. The lowest BCUT2D eigenvalue weighted by Crippen LogP contribution is -2.40. The van der Waals surface area contributed by atoms with Crippen LogP contribution in [-0.2, 0) is 26.7 Å². The summed E-state index contributed by atoms with van der Waals surface area (Å²) in [7, 11) is -4.69. The molecule has 2 aromatic carbocycles. The van der Waals surface area contributed by atoms with Crippen molar-refractivity contribution in [1.82, 2.24) is 10.2 Å². The van der Waals surface area contributed by atoms with Gasteiger partial charge in [0.25, 0.3) is 5.91 Å². The zero-order chi connectivity index (χ0) is 20.7. The van der Waals surface area contributed by atoms with E-state index >= 15 is 0 Å². The number of benzene rings is 2. The van der Waals surface area contributed by atoms with Crippen LogP contribution in [0.15, 0.2) is 53.4 Å². The van der Waals surface area contributed by atoms with Gasteiger partial charge in [0.2, 0.25) is 9.84 Å². The number of urea groups is 1. The van der Waals surface area contributed by atoms with Crippen LogP contribution in [0.5, 0.6) is 0 Å². The first-order valence-corrected chi connectivity index (χ1v) is 9.92. The molecule has 0 radical (unpaired) electrons. The van der Waals surface area contributed by atoms with Crippen molar-refractivity contribution in [3.63, 3.8) is 0 Å². The van der Waals surface area contributed by atoms with E-state index in [4.69, 9.17) is 0 Å². The summed E-state index contributed by atoms with van der Waals surface area (Å²) in [6.07, 6.45) is 0. The molecule has 0 aromatic heterocycles. The number of sulfone groups is 1. The van der Waals surface area contributed by atoms with Gasteiger partial charge in [0.1, 0.15) is 5.54 Å². The second kappa shape index (κ2) is 6.97. The van der Waals surface area contributed by atoms with Crippen molar-refractivity contribution in [2.24, 2.45) is 0 Å². The van der Waals surface area contributed by atoms with Gasteiger partial charge in [-0.15, -0.1) is 0 Å². The van der Waals surface area contributed by atoms with Crippen molar-refractivity contribution in [2.75, 3.05) is 0 Å². The number of carbonyl (C=O) groups excluding carboxylic acids is 2. The third-order valence-corrected chi connectivity index (χ3v) is 6.13. The Hall–Kier alpha value is -2.81. The molecule has 0 saturated carbocycles. The standard InChI is InChI=1S/C19H18F2N2O4S/c1-12-3-7-14(8-4-12)19(2)16(24)23(18(25)22-19)11-13-5-9-15(10-6-13)28(26,27)17(20)21/h3-10,17H,11H2,1-2H3,(H,22,25). The Bertz CT molecular complexity index is 1020. The molecule has 2 aromatic rings. The molecule has 1 aliphatic rings. The number of aryl methyl sites for hydroxylation is 1. The predicted molar refractivity (Wildman–Crippen MR) is 97.2 cm³/mol. The minimum Gasteiger partial charge on any atom is -0.319 e. The molecule has 3 amide bonds. The zero-order valence-electron chi connectivity index (χ0n) is 15.1. The van der Waals surface area contributed by atoms with Crippen molar-refractivity contribution in [1.29, 1.82) is 0 Å². The average Bonchev–Trinajstić information content (AvgIpc) is 2.86. The summed E-state index contributed by atoms with van der Waals surface area (Å²) >= 11 is 0. The van der Waals surface area contributed by atoms with Gasteiger partial charge in [-0.05, 0) is 37.1 Å². The van der Waals surface area contributed by atoms with Crippen LogP contribution in [0, 0.1) is 6.92 Å². The number of amides is 3. The molecule has 1 atom stereocenters. The summed E-state index contributed by atoms with van der Waals surface area (Å²) in [5, 5.41) is 2.68. The van der Waals surface area contributed by atoms with Crippen molar-refractivity contribution in [3.8, 4) is 0 Å². The molecule has 148 valence electrons. The van der Waals surface area contributed by atoms with Crippen molar-refractivity contribution < 1.29 is 26.8 Å². The molecule has 0 spiro atoms. The molecule has 1 heterocycles. The van der Waals surface area contributed by atoms with E-state index in [0.717, 1.165) is 22.6 Å². The Labute approximate surface area is 161 Å². The maximum atomic E-state index is 12.9. The van der Waals surface area contributed by atoms with Crippen molar-refractivity contribution in [3.05, 3.63) is 65.2 Å². The SMILES string of the molecule is Cc1ccc(C2(C)NC(=O)N(Cc3ccc(S(=O)(=O)C(F)F)cc3)C2=O)cc1. The van der Waals surface area contributed by atoms with E-state index < -0.39 is 38.0 Å². The molecule has 0 aliphatic carbocycles. The molecule has 1 unspecified atom stereocenters. The minimum absolute atomic E-state index is 0.110. The Morgan fingerprint density at radius 1 is 1.04 bits per heavy atom. The van der Waals surface area contributed by atoms with Crippen LogP contribution in [0.3, 0.4) is 0 Å². The molecule has 1 N–H and O–H groups in total. The Morgan fingerprint density at radius 3 is 2.14 bits per heavy atom. The summed E-state index contributed by atoms with van der Waals surface area (Å²) < 4.78 is 48.2. The Balaban J connectivity index is 1.82. The average molecular weight is 408 g/mol. The van der Waals surface area contributed by atoms with Gasteiger partial charge in [-0.2, -0.15) is 8.78 Å². The number of hydrogen-bond donors (Lipinski definition) is 1. The normalized spacial score (nSPS) is 20.0. The van der Waals surface area contributed by atoms with Gasteiger partial charge < -0.3 is 5.32 Å². The highest BCUT2D eigenvalue weighted by Crippen LogP contribution is 2.30. The number of halogens is 2. The van der Waals surface area contributed by atoms with Crippen LogP contribution in [0.4, 0.5) is 13.6 Å². The zero-order valence-corrected chi connectivity index (χ0v) is 16.0. The molecule has 0 bridgehead atoms. The van der Waals surface area contributed by atoms with Crippen LogP contribution < -0.4 is 5.32 Å². The van der Waals surface area contributed by atoms with E-state index in [1.807, 2.05) is 19.1 Å². The van der Waals surface area contributed by atoms with Crippen LogP contribution in [0.1, 0.15) is 23.6 Å². The van der Waals surface area contributed by atoms with Gasteiger partial charge in [-0.1, -0.05) is 42.0 Å². The lowest BCUT2D eigenvalue weighted by atomic mass is 9.91. The number of nitrogens with zero attached hydrogens (tertiary/aromatic N) is 1. The molecule has 9 heteroatoms. The van der Waals surface area contributed by atoms with Gasteiger partial charge in [0, 0.05) is 0 Å². The largest absolute Gasteiger partial charge is 0.341 e. The third-order valence-electron chi connectivity index (χ3n) is 4.73. The van der Waals surface area contributed by atoms with Gasteiger partial charge in [0.05, 0.1) is 11.4 Å². The fraction of sp³-hybridized carbons (Fsp3) is 0.263. The number of imide groups is 1. The quantitative estimate of drug-likeness (QED) is 0.771. The maximum Gasteiger partial charge on any atom is 0.341 e. The number of carbonyl (C=O) groups is 2. The molecule has 6 nitrogen and oxygen atoms in total. The first kappa shape index (κ1) is 19.9. The van der Waals surface area contributed by atoms with Gasteiger partial charge in [-0.3, -0.25) is 9.69 Å². The van der Waals surface area contributed by atoms with Gasteiger partial charge >= 0.3 is 11.8 Å². The molecular weight excluding hydrogens is 390 g/mol. The van der Waals surface area contributed by atoms with E-state index in [2.05, 4.69) is 5.32 Å². The lowest BCUT2D eigenvalue weighted by molar-refractivity contribution is -0.131. The monoisotopic (exact) mass is 408 g/mol.